The molecule has 29 heavy (non-hydrogen) atoms. The SMILES string of the molecule is CCc1cc(C2=CCNCC2)cn2c(=O)cc(-c3ccc(OC)c(OC)c3)nc12. The summed E-state index contributed by atoms with van der Waals surface area (Å²) in [6.45, 7) is 3.90. The quantitative estimate of drug-likeness (QED) is 0.723. The van der Waals surface area contributed by atoms with E-state index in [1.165, 1.54) is 5.57 Å². The van der Waals surface area contributed by atoms with Gasteiger partial charge in [0.25, 0.3) is 5.56 Å². The zero-order chi connectivity index (χ0) is 20.4. The van der Waals surface area contributed by atoms with Crippen LogP contribution < -0.4 is 20.3 Å². The number of pyridine rings is 1. The van der Waals surface area contributed by atoms with Crippen LogP contribution in [-0.4, -0.2) is 36.7 Å². The molecule has 0 aliphatic carbocycles. The summed E-state index contributed by atoms with van der Waals surface area (Å²) in [4.78, 5) is 17.8. The Balaban J connectivity index is 1.87. The van der Waals surface area contributed by atoms with Crippen molar-refractivity contribution in [3.05, 3.63) is 64.1 Å². The summed E-state index contributed by atoms with van der Waals surface area (Å²) in [6.07, 6.45) is 5.87. The number of rotatable bonds is 5. The smallest absolute Gasteiger partial charge is 0.258 e. The molecule has 0 unspecified atom stereocenters. The molecule has 1 N–H and O–H groups in total. The lowest BCUT2D eigenvalue weighted by atomic mass is 9.99. The molecule has 6 heteroatoms. The van der Waals surface area contributed by atoms with Crippen LogP contribution in [0.25, 0.3) is 22.5 Å². The minimum Gasteiger partial charge on any atom is -0.493 e. The second kappa shape index (κ2) is 8.09. The highest BCUT2D eigenvalue weighted by Gasteiger charge is 2.14. The maximum atomic E-state index is 13.0. The Morgan fingerprint density at radius 2 is 1.93 bits per heavy atom. The third-order valence-corrected chi connectivity index (χ3v) is 5.33. The predicted octanol–water partition coefficient (Wildman–Crippen LogP) is 3.32. The van der Waals surface area contributed by atoms with Gasteiger partial charge in [-0.25, -0.2) is 4.98 Å². The minimum absolute atomic E-state index is 0.0918. The molecule has 1 aromatic carbocycles. The average Bonchev–Trinajstić information content (AvgIpc) is 2.78. The Morgan fingerprint density at radius 1 is 1.10 bits per heavy atom. The molecule has 0 amide bonds. The van der Waals surface area contributed by atoms with Crippen molar-refractivity contribution in [2.24, 2.45) is 0 Å². The minimum atomic E-state index is -0.0918. The molecule has 4 rings (SSSR count). The van der Waals surface area contributed by atoms with Gasteiger partial charge in [-0.15, -0.1) is 0 Å². The highest BCUT2D eigenvalue weighted by atomic mass is 16.5. The van der Waals surface area contributed by atoms with E-state index in [-0.39, 0.29) is 5.56 Å². The third-order valence-electron chi connectivity index (χ3n) is 5.33. The molecule has 0 bridgehead atoms. The van der Waals surface area contributed by atoms with Crippen molar-refractivity contribution < 1.29 is 9.47 Å². The van der Waals surface area contributed by atoms with Gasteiger partial charge in [0.2, 0.25) is 0 Å². The second-order valence-corrected chi connectivity index (χ2v) is 7.03. The van der Waals surface area contributed by atoms with Gasteiger partial charge in [-0.05, 0) is 60.4 Å². The number of aryl methyl sites for hydroxylation is 1. The zero-order valence-electron chi connectivity index (χ0n) is 17.0. The number of fused-ring (bicyclic) bond motifs is 1. The molecule has 3 heterocycles. The van der Waals surface area contributed by atoms with Crippen LogP contribution in [-0.2, 0) is 6.42 Å². The second-order valence-electron chi connectivity index (χ2n) is 7.03. The van der Waals surface area contributed by atoms with Crippen molar-refractivity contribution in [3.8, 4) is 22.8 Å². The lowest BCUT2D eigenvalue weighted by Gasteiger charge is -2.17. The van der Waals surface area contributed by atoms with Gasteiger partial charge in [-0.2, -0.15) is 0 Å². The van der Waals surface area contributed by atoms with E-state index in [2.05, 4.69) is 24.4 Å². The van der Waals surface area contributed by atoms with Crippen molar-refractivity contribution >= 4 is 11.2 Å². The number of ether oxygens (including phenoxy) is 2. The molecule has 1 aliphatic heterocycles. The third kappa shape index (κ3) is 3.63. The molecule has 1 aliphatic rings. The highest BCUT2D eigenvalue weighted by Crippen LogP contribution is 2.31. The monoisotopic (exact) mass is 391 g/mol. The van der Waals surface area contributed by atoms with Crippen molar-refractivity contribution in [1.82, 2.24) is 14.7 Å². The predicted molar refractivity (Wildman–Crippen MR) is 115 cm³/mol. The van der Waals surface area contributed by atoms with Crippen LogP contribution in [0, 0.1) is 0 Å². The van der Waals surface area contributed by atoms with Gasteiger partial charge in [-0.3, -0.25) is 9.20 Å². The van der Waals surface area contributed by atoms with Crippen molar-refractivity contribution in [1.29, 1.82) is 0 Å². The van der Waals surface area contributed by atoms with Crippen molar-refractivity contribution in [2.45, 2.75) is 19.8 Å². The summed E-state index contributed by atoms with van der Waals surface area (Å²) in [5.41, 5.74) is 5.47. The van der Waals surface area contributed by atoms with E-state index in [0.29, 0.717) is 22.8 Å². The van der Waals surface area contributed by atoms with Gasteiger partial charge in [0.05, 0.1) is 19.9 Å². The lowest BCUT2D eigenvalue weighted by molar-refractivity contribution is 0.355. The Kier molecular flexibility index (Phi) is 5.36. The Bertz CT molecular complexity index is 1150. The van der Waals surface area contributed by atoms with E-state index in [4.69, 9.17) is 14.5 Å². The fourth-order valence-corrected chi connectivity index (χ4v) is 3.73. The van der Waals surface area contributed by atoms with Gasteiger partial charge in [0.15, 0.2) is 11.5 Å². The van der Waals surface area contributed by atoms with Crippen molar-refractivity contribution in [2.75, 3.05) is 27.3 Å². The highest BCUT2D eigenvalue weighted by molar-refractivity contribution is 5.71. The van der Waals surface area contributed by atoms with E-state index in [1.54, 1.807) is 24.7 Å². The zero-order valence-corrected chi connectivity index (χ0v) is 17.0. The number of nitrogens with zero attached hydrogens (tertiary/aromatic N) is 2. The van der Waals surface area contributed by atoms with E-state index in [1.807, 2.05) is 24.4 Å². The Hall–Kier alpha value is -3.12. The summed E-state index contributed by atoms with van der Waals surface area (Å²) < 4.78 is 12.4. The summed E-state index contributed by atoms with van der Waals surface area (Å²) >= 11 is 0. The maximum Gasteiger partial charge on any atom is 0.258 e. The summed E-state index contributed by atoms with van der Waals surface area (Å²) in [6, 6.07) is 9.30. The van der Waals surface area contributed by atoms with Crippen LogP contribution in [0.4, 0.5) is 0 Å². The molecule has 0 radical (unpaired) electrons. The molecule has 6 nitrogen and oxygen atoms in total. The first kappa shape index (κ1) is 19.2. The normalized spacial score (nSPS) is 14.0. The van der Waals surface area contributed by atoms with Crippen LogP contribution in [0.3, 0.4) is 0 Å². The van der Waals surface area contributed by atoms with Gasteiger partial charge in [-0.1, -0.05) is 13.0 Å². The standard InChI is InChI=1S/C23H25N3O3/c1-4-15-11-18(16-7-9-24-10-8-16)14-26-22(27)13-19(25-23(15)26)17-5-6-20(28-2)21(12-17)29-3/h5-7,11-14,24H,4,8-10H2,1-3H3. The number of hydrogen-bond donors (Lipinski definition) is 1. The first-order valence-electron chi connectivity index (χ1n) is 9.83. The van der Waals surface area contributed by atoms with E-state index in [9.17, 15) is 4.79 Å². The van der Waals surface area contributed by atoms with Gasteiger partial charge >= 0.3 is 0 Å². The molecular weight excluding hydrogens is 366 g/mol. The average molecular weight is 391 g/mol. The van der Waals surface area contributed by atoms with Crippen LogP contribution in [0.5, 0.6) is 11.5 Å². The Morgan fingerprint density at radius 3 is 2.62 bits per heavy atom. The van der Waals surface area contributed by atoms with Crippen molar-refractivity contribution in [3.63, 3.8) is 0 Å². The molecule has 0 atom stereocenters. The first-order chi connectivity index (χ1) is 14.1. The molecule has 3 aromatic rings. The molecule has 150 valence electrons. The lowest BCUT2D eigenvalue weighted by Crippen LogP contribution is -2.21. The fourth-order valence-electron chi connectivity index (χ4n) is 3.73. The number of methoxy groups -OCH3 is 2. The summed E-state index contributed by atoms with van der Waals surface area (Å²) in [5.74, 6) is 1.25. The molecule has 0 spiro atoms. The van der Waals surface area contributed by atoms with E-state index >= 15 is 0 Å². The van der Waals surface area contributed by atoms with Crippen LogP contribution in [0.15, 0.2) is 47.4 Å². The summed E-state index contributed by atoms with van der Waals surface area (Å²) in [5, 5.41) is 3.33. The molecule has 0 saturated carbocycles. The molecule has 2 aromatic heterocycles. The topological polar surface area (TPSA) is 64.9 Å². The number of hydrogen-bond acceptors (Lipinski definition) is 5. The van der Waals surface area contributed by atoms with E-state index in [0.717, 1.165) is 42.6 Å². The number of nitrogens with one attached hydrogen (secondary N) is 1. The molecule has 0 saturated heterocycles. The van der Waals surface area contributed by atoms with Crippen LogP contribution >= 0.6 is 0 Å². The maximum absolute atomic E-state index is 13.0. The largest absolute Gasteiger partial charge is 0.493 e. The molecular formula is C23H25N3O3. The van der Waals surface area contributed by atoms with Crippen LogP contribution in [0.2, 0.25) is 0 Å². The Labute approximate surface area is 169 Å². The van der Waals surface area contributed by atoms with Crippen LogP contribution in [0.1, 0.15) is 24.5 Å². The molecule has 0 fully saturated rings. The number of benzene rings is 1. The number of aromatic nitrogens is 2. The van der Waals surface area contributed by atoms with E-state index < -0.39 is 0 Å². The summed E-state index contributed by atoms with van der Waals surface area (Å²) in [7, 11) is 3.19. The fraction of sp³-hybridized carbons (Fsp3) is 0.304. The van der Waals surface area contributed by atoms with Gasteiger partial charge in [0.1, 0.15) is 5.65 Å². The van der Waals surface area contributed by atoms with Gasteiger partial charge < -0.3 is 14.8 Å². The van der Waals surface area contributed by atoms with Gasteiger partial charge in [0, 0.05) is 24.4 Å². The first-order valence-corrected chi connectivity index (χ1v) is 9.83.